The molecule has 248 valence electrons. The van der Waals surface area contributed by atoms with Gasteiger partial charge in [0.05, 0.1) is 12.8 Å². The van der Waals surface area contributed by atoms with E-state index in [1.54, 1.807) is 18.3 Å². The second-order valence-electron chi connectivity index (χ2n) is 11.6. The van der Waals surface area contributed by atoms with E-state index >= 15 is 0 Å². The molecular formula is C41H39N3O5. The van der Waals surface area contributed by atoms with Crippen molar-refractivity contribution in [1.29, 1.82) is 0 Å². The van der Waals surface area contributed by atoms with Gasteiger partial charge in [-0.05, 0) is 110 Å². The minimum absolute atomic E-state index is 0.129. The van der Waals surface area contributed by atoms with Crippen molar-refractivity contribution in [3.63, 3.8) is 0 Å². The quantitative estimate of drug-likeness (QED) is 0.0721. The second kappa shape index (κ2) is 15.3. The number of aromatic nitrogens is 1. The number of carbonyl (C=O) groups excluding carboxylic acids is 1. The average molecular weight is 654 g/mol. The number of carbonyl (C=O) groups is 1. The lowest BCUT2D eigenvalue weighted by Gasteiger charge is -2.17. The summed E-state index contributed by atoms with van der Waals surface area (Å²) in [7, 11) is 0. The van der Waals surface area contributed by atoms with Gasteiger partial charge in [-0.1, -0.05) is 48.5 Å². The third-order valence-corrected chi connectivity index (χ3v) is 8.08. The van der Waals surface area contributed by atoms with Gasteiger partial charge in [0, 0.05) is 22.6 Å². The zero-order valence-corrected chi connectivity index (χ0v) is 27.9. The first-order chi connectivity index (χ1) is 23.9. The highest BCUT2D eigenvalue weighted by Crippen LogP contribution is 2.35. The number of hydrogen-bond donors (Lipinski definition) is 1. The first-order valence-electron chi connectivity index (χ1n) is 16.2. The fourth-order valence-corrected chi connectivity index (χ4v) is 5.78. The molecule has 4 aromatic carbocycles. The predicted molar refractivity (Wildman–Crippen MR) is 193 cm³/mol. The third kappa shape index (κ3) is 7.76. The molecule has 2 heterocycles. The molecule has 8 nitrogen and oxygen atoms in total. The Bertz CT molecular complexity index is 2080. The van der Waals surface area contributed by atoms with Crippen LogP contribution < -0.4 is 19.6 Å². The maximum absolute atomic E-state index is 12.8. The summed E-state index contributed by atoms with van der Waals surface area (Å²) in [5.74, 6) is 2.12. The van der Waals surface area contributed by atoms with Crippen molar-refractivity contribution in [2.24, 2.45) is 5.10 Å². The van der Waals surface area contributed by atoms with Gasteiger partial charge in [-0.3, -0.25) is 4.79 Å². The summed E-state index contributed by atoms with van der Waals surface area (Å²) in [6, 6.07) is 33.6. The first-order valence-corrected chi connectivity index (χ1v) is 16.2. The molecule has 0 saturated heterocycles. The fourth-order valence-electron chi connectivity index (χ4n) is 5.78. The molecule has 0 fully saturated rings. The lowest BCUT2D eigenvalue weighted by atomic mass is 10.0. The Morgan fingerprint density at radius 3 is 2.41 bits per heavy atom. The molecule has 0 bridgehead atoms. The Kier molecular flexibility index (Phi) is 10.2. The van der Waals surface area contributed by atoms with Crippen LogP contribution in [-0.4, -0.2) is 23.3 Å². The van der Waals surface area contributed by atoms with Crippen LogP contribution in [0.4, 0.5) is 0 Å². The number of furan rings is 1. The summed E-state index contributed by atoms with van der Waals surface area (Å²) in [5, 5.41) is 6.49. The number of fused-ring (bicyclic) bond motifs is 1. The van der Waals surface area contributed by atoms with Crippen LogP contribution in [0.15, 0.2) is 125 Å². The normalized spacial score (nSPS) is 11.2. The first kappa shape index (κ1) is 32.9. The van der Waals surface area contributed by atoms with E-state index in [9.17, 15) is 4.79 Å². The van der Waals surface area contributed by atoms with Gasteiger partial charge in [-0.25, -0.2) is 5.43 Å². The maximum atomic E-state index is 12.8. The van der Waals surface area contributed by atoms with Crippen LogP contribution in [-0.2, 0) is 19.6 Å². The zero-order valence-electron chi connectivity index (χ0n) is 27.9. The molecule has 0 spiro atoms. The molecule has 0 aliphatic carbocycles. The molecule has 0 atom stereocenters. The van der Waals surface area contributed by atoms with Gasteiger partial charge in [-0.15, -0.1) is 6.58 Å². The van der Waals surface area contributed by atoms with E-state index in [1.165, 1.54) is 11.4 Å². The molecule has 6 rings (SSSR count). The van der Waals surface area contributed by atoms with E-state index in [0.29, 0.717) is 42.6 Å². The van der Waals surface area contributed by atoms with Crippen molar-refractivity contribution in [2.45, 2.75) is 40.4 Å². The van der Waals surface area contributed by atoms with Gasteiger partial charge >= 0.3 is 5.91 Å². The second-order valence-corrected chi connectivity index (χ2v) is 11.6. The summed E-state index contributed by atoms with van der Waals surface area (Å²) in [5.41, 5.74) is 8.66. The van der Waals surface area contributed by atoms with Crippen LogP contribution in [0.3, 0.4) is 0 Å². The van der Waals surface area contributed by atoms with Crippen molar-refractivity contribution in [3.8, 4) is 22.9 Å². The molecule has 1 amide bonds. The van der Waals surface area contributed by atoms with Crippen LogP contribution in [0.5, 0.6) is 17.2 Å². The van der Waals surface area contributed by atoms with Crippen molar-refractivity contribution in [3.05, 3.63) is 155 Å². The smallest absolute Gasteiger partial charge is 0.307 e. The molecule has 0 unspecified atom stereocenters. The number of aryl methyl sites for hydroxylation is 2. The summed E-state index contributed by atoms with van der Waals surface area (Å²) in [6.07, 6.45) is 3.94. The van der Waals surface area contributed by atoms with E-state index in [0.717, 1.165) is 33.2 Å². The number of rotatable bonds is 14. The van der Waals surface area contributed by atoms with Gasteiger partial charge in [0.15, 0.2) is 17.3 Å². The number of nitrogens with one attached hydrogen (secondary N) is 1. The average Bonchev–Trinajstić information content (AvgIpc) is 3.73. The molecule has 0 aliphatic heterocycles. The highest BCUT2D eigenvalue weighted by molar-refractivity contribution is 5.92. The largest absolute Gasteiger partial charge is 0.490 e. The van der Waals surface area contributed by atoms with Crippen LogP contribution >= 0.6 is 0 Å². The molecule has 8 heteroatoms. The van der Waals surface area contributed by atoms with E-state index < -0.39 is 5.91 Å². The lowest BCUT2D eigenvalue weighted by molar-refractivity contribution is 0.0923. The highest BCUT2D eigenvalue weighted by atomic mass is 16.5. The molecule has 2 aromatic heterocycles. The lowest BCUT2D eigenvalue weighted by Crippen LogP contribution is -2.16. The summed E-state index contributed by atoms with van der Waals surface area (Å²) < 4.78 is 26.2. The molecule has 6 aromatic rings. The number of allylic oxidation sites excluding steroid dienone is 1. The Balaban J connectivity index is 1.08. The SMILES string of the molecule is C=CCc1cc(/C=N/NC(=O)c2ccc(COc3ccc(-n4c(C)ccc4C)cc3)o2)cc(OCC)c1OCc1cccc2ccccc12. The van der Waals surface area contributed by atoms with E-state index in [-0.39, 0.29) is 12.4 Å². The van der Waals surface area contributed by atoms with E-state index in [1.807, 2.05) is 67.6 Å². The van der Waals surface area contributed by atoms with Crippen molar-refractivity contribution in [2.75, 3.05) is 6.61 Å². The van der Waals surface area contributed by atoms with Gasteiger partial charge in [0.1, 0.15) is 24.7 Å². The third-order valence-electron chi connectivity index (χ3n) is 8.08. The van der Waals surface area contributed by atoms with Crippen LogP contribution in [0.2, 0.25) is 0 Å². The number of hydrazone groups is 1. The standard InChI is InChI=1S/C41H39N3O5/c1-5-10-32-23-30(24-39(46-6-2)40(32)48-26-33-13-9-12-31-11-7-8-14-37(31)33)25-42-43-41(45)38-22-21-36(49-38)27-47-35-19-17-34(18-20-35)44-28(3)15-16-29(44)4/h5,7-9,11-25H,1,6,10,26-27H2,2-4H3,(H,43,45)/b42-25+. The molecule has 0 radical (unpaired) electrons. The minimum Gasteiger partial charge on any atom is -0.490 e. The number of benzene rings is 4. The molecular weight excluding hydrogens is 614 g/mol. The van der Waals surface area contributed by atoms with Crippen LogP contribution in [0, 0.1) is 13.8 Å². The van der Waals surface area contributed by atoms with Crippen molar-refractivity contribution >= 4 is 22.9 Å². The summed E-state index contributed by atoms with van der Waals surface area (Å²) in [4.78, 5) is 12.8. The van der Waals surface area contributed by atoms with Gasteiger partial charge in [0.25, 0.3) is 0 Å². The topological polar surface area (TPSA) is 87.2 Å². The Morgan fingerprint density at radius 2 is 1.63 bits per heavy atom. The highest BCUT2D eigenvalue weighted by Gasteiger charge is 2.15. The van der Waals surface area contributed by atoms with Gasteiger partial charge < -0.3 is 23.2 Å². The zero-order chi connectivity index (χ0) is 34.2. The van der Waals surface area contributed by atoms with Gasteiger partial charge in [0.2, 0.25) is 0 Å². The number of hydrogen-bond acceptors (Lipinski definition) is 6. The number of ether oxygens (including phenoxy) is 3. The predicted octanol–water partition coefficient (Wildman–Crippen LogP) is 8.89. The molecule has 49 heavy (non-hydrogen) atoms. The monoisotopic (exact) mass is 653 g/mol. The Labute approximate surface area is 286 Å². The van der Waals surface area contributed by atoms with Crippen LogP contribution in [0.25, 0.3) is 16.5 Å². The summed E-state index contributed by atoms with van der Waals surface area (Å²) in [6.45, 7) is 11.0. The van der Waals surface area contributed by atoms with Crippen molar-refractivity contribution in [1.82, 2.24) is 9.99 Å². The fraction of sp³-hybridized carbons (Fsp3) is 0.171. The van der Waals surface area contributed by atoms with E-state index in [2.05, 4.69) is 71.9 Å². The summed E-state index contributed by atoms with van der Waals surface area (Å²) >= 11 is 0. The molecule has 0 aliphatic rings. The van der Waals surface area contributed by atoms with Gasteiger partial charge in [-0.2, -0.15) is 5.10 Å². The molecule has 1 N–H and O–H groups in total. The minimum atomic E-state index is -0.476. The number of amides is 1. The Morgan fingerprint density at radius 1 is 0.857 bits per heavy atom. The Hall–Kier alpha value is -6.02. The maximum Gasteiger partial charge on any atom is 0.307 e. The van der Waals surface area contributed by atoms with E-state index in [4.69, 9.17) is 18.6 Å². The van der Waals surface area contributed by atoms with Crippen molar-refractivity contribution < 1.29 is 23.4 Å². The molecule has 0 saturated carbocycles. The van der Waals surface area contributed by atoms with Crippen LogP contribution in [0.1, 0.15) is 51.3 Å². The number of nitrogens with zero attached hydrogens (tertiary/aromatic N) is 2.